The number of hydrogen-bond acceptors (Lipinski definition) is 3. The molecule has 1 heterocycles. The third kappa shape index (κ3) is 3.06. The molecule has 2 rings (SSSR count). The van der Waals surface area contributed by atoms with E-state index in [4.69, 9.17) is 4.74 Å². The smallest absolute Gasteiger partial charge is 0.0896 e. The second-order valence-electron chi connectivity index (χ2n) is 4.48. The summed E-state index contributed by atoms with van der Waals surface area (Å²) in [5.41, 5.74) is 1.30. The Morgan fingerprint density at radius 3 is 2.82 bits per heavy atom. The van der Waals surface area contributed by atoms with Gasteiger partial charge in [0, 0.05) is 13.1 Å². The Morgan fingerprint density at radius 1 is 1.41 bits per heavy atom. The highest BCUT2D eigenvalue weighted by Crippen LogP contribution is 2.21. The van der Waals surface area contributed by atoms with E-state index in [9.17, 15) is 0 Å². The lowest BCUT2D eigenvalue weighted by Gasteiger charge is -2.36. The average molecular weight is 234 g/mol. The van der Waals surface area contributed by atoms with E-state index in [1.807, 2.05) is 7.05 Å². The number of nitrogens with one attached hydrogen (secondary N) is 1. The highest BCUT2D eigenvalue weighted by Gasteiger charge is 2.27. The van der Waals surface area contributed by atoms with E-state index in [0.29, 0.717) is 0 Å². The van der Waals surface area contributed by atoms with Gasteiger partial charge >= 0.3 is 0 Å². The van der Waals surface area contributed by atoms with Gasteiger partial charge in [0.1, 0.15) is 0 Å². The predicted octanol–water partition coefficient (Wildman–Crippen LogP) is 1.67. The Balaban J connectivity index is 2.08. The van der Waals surface area contributed by atoms with Crippen LogP contribution in [0.5, 0.6) is 0 Å². The molecule has 0 radical (unpaired) electrons. The molecule has 1 aliphatic rings. The van der Waals surface area contributed by atoms with E-state index < -0.39 is 0 Å². The maximum atomic E-state index is 5.91. The lowest BCUT2D eigenvalue weighted by molar-refractivity contribution is -0.0444. The lowest BCUT2D eigenvalue weighted by atomic mass is 10.0. The number of likely N-dealkylation sites (N-methyl/N-ethyl adjacent to an activating group) is 2. The van der Waals surface area contributed by atoms with Crippen molar-refractivity contribution in [3.63, 3.8) is 0 Å². The van der Waals surface area contributed by atoms with Crippen LogP contribution in [0.1, 0.15) is 18.5 Å². The van der Waals surface area contributed by atoms with Crippen molar-refractivity contribution >= 4 is 0 Å². The monoisotopic (exact) mass is 234 g/mol. The van der Waals surface area contributed by atoms with Gasteiger partial charge in [-0.1, -0.05) is 37.3 Å². The van der Waals surface area contributed by atoms with Crippen LogP contribution in [0.15, 0.2) is 30.3 Å². The van der Waals surface area contributed by atoms with Crippen molar-refractivity contribution in [3.05, 3.63) is 35.9 Å². The highest BCUT2D eigenvalue weighted by molar-refractivity contribution is 5.20. The van der Waals surface area contributed by atoms with Gasteiger partial charge < -0.3 is 10.1 Å². The fraction of sp³-hybridized carbons (Fsp3) is 0.571. The minimum absolute atomic E-state index is 0.246. The molecule has 0 aromatic heterocycles. The molecule has 1 aromatic rings. The number of ether oxygens (including phenoxy) is 1. The number of benzene rings is 1. The van der Waals surface area contributed by atoms with Gasteiger partial charge in [-0.3, -0.25) is 4.90 Å². The molecule has 3 nitrogen and oxygen atoms in total. The van der Waals surface area contributed by atoms with Crippen molar-refractivity contribution in [2.75, 3.05) is 33.3 Å². The predicted molar refractivity (Wildman–Crippen MR) is 70.1 cm³/mol. The third-order valence-electron chi connectivity index (χ3n) is 3.47. The minimum atomic E-state index is 0.246. The summed E-state index contributed by atoms with van der Waals surface area (Å²) in [5, 5.41) is 3.38. The van der Waals surface area contributed by atoms with E-state index in [0.717, 1.165) is 26.2 Å². The van der Waals surface area contributed by atoms with Gasteiger partial charge in [-0.2, -0.15) is 0 Å². The van der Waals surface area contributed by atoms with E-state index in [1.54, 1.807) is 0 Å². The zero-order valence-electron chi connectivity index (χ0n) is 10.7. The Hall–Kier alpha value is -0.900. The molecule has 1 aromatic carbocycles. The SMILES string of the molecule is CCN1CCOC(C(NC)c2ccccc2)C1. The standard InChI is InChI=1S/C14H22N2O/c1-3-16-9-10-17-13(11-16)14(15-2)12-7-5-4-6-8-12/h4-8,13-15H,3,9-11H2,1-2H3. The second-order valence-corrected chi connectivity index (χ2v) is 4.48. The van der Waals surface area contributed by atoms with Crippen LogP contribution in [-0.4, -0.2) is 44.3 Å². The normalized spacial score (nSPS) is 23.5. The topological polar surface area (TPSA) is 24.5 Å². The van der Waals surface area contributed by atoms with Gasteiger partial charge in [0.25, 0.3) is 0 Å². The van der Waals surface area contributed by atoms with E-state index >= 15 is 0 Å². The van der Waals surface area contributed by atoms with Gasteiger partial charge in [-0.15, -0.1) is 0 Å². The number of rotatable bonds is 4. The van der Waals surface area contributed by atoms with Crippen LogP contribution in [0.25, 0.3) is 0 Å². The minimum Gasteiger partial charge on any atom is -0.374 e. The number of nitrogens with zero attached hydrogens (tertiary/aromatic N) is 1. The number of morpholine rings is 1. The zero-order chi connectivity index (χ0) is 12.1. The van der Waals surface area contributed by atoms with Crippen molar-refractivity contribution in [1.29, 1.82) is 0 Å². The first kappa shape index (κ1) is 12.6. The molecule has 0 amide bonds. The van der Waals surface area contributed by atoms with Crippen LogP contribution in [-0.2, 0) is 4.74 Å². The summed E-state index contributed by atoms with van der Waals surface area (Å²) in [5.74, 6) is 0. The molecule has 2 unspecified atom stereocenters. The summed E-state index contributed by atoms with van der Waals surface area (Å²) in [7, 11) is 2.01. The van der Waals surface area contributed by atoms with Crippen molar-refractivity contribution in [2.45, 2.75) is 19.1 Å². The van der Waals surface area contributed by atoms with E-state index in [-0.39, 0.29) is 12.1 Å². The summed E-state index contributed by atoms with van der Waals surface area (Å²) in [6.07, 6.45) is 0.246. The molecular formula is C14H22N2O. The Bertz CT molecular complexity index is 328. The highest BCUT2D eigenvalue weighted by atomic mass is 16.5. The van der Waals surface area contributed by atoms with Crippen LogP contribution in [0.3, 0.4) is 0 Å². The fourth-order valence-electron chi connectivity index (χ4n) is 2.45. The van der Waals surface area contributed by atoms with Crippen molar-refractivity contribution in [2.24, 2.45) is 0 Å². The van der Waals surface area contributed by atoms with Crippen molar-refractivity contribution in [1.82, 2.24) is 10.2 Å². The van der Waals surface area contributed by atoms with Crippen LogP contribution >= 0.6 is 0 Å². The molecular weight excluding hydrogens is 212 g/mol. The third-order valence-corrected chi connectivity index (χ3v) is 3.47. The molecule has 17 heavy (non-hydrogen) atoms. The van der Waals surface area contributed by atoms with E-state index in [2.05, 4.69) is 47.5 Å². The molecule has 2 atom stereocenters. The lowest BCUT2D eigenvalue weighted by Crippen LogP contribution is -2.47. The van der Waals surface area contributed by atoms with E-state index in [1.165, 1.54) is 5.56 Å². The van der Waals surface area contributed by atoms with Gasteiger partial charge in [-0.25, -0.2) is 0 Å². The molecule has 0 aliphatic carbocycles. The van der Waals surface area contributed by atoms with Gasteiger partial charge in [0.2, 0.25) is 0 Å². The first-order valence-electron chi connectivity index (χ1n) is 6.41. The second kappa shape index (κ2) is 6.15. The summed E-state index contributed by atoms with van der Waals surface area (Å²) in [6, 6.07) is 10.8. The molecule has 0 spiro atoms. The summed E-state index contributed by atoms with van der Waals surface area (Å²) < 4.78 is 5.91. The summed E-state index contributed by atoms with van der Waals surface area (Å²) >= 11 is 0. The molecule has 1 fully saturated rings. The Labute approximate surface area is 104 Å². The van der Waals surface area contributed by atoms with Crippen LogP contribution < -0.4 is 5.32 Å². The van der Waals surface area contributed by atoms with Crippen molar-refractivity contribution < 1.29 is 4.74 Å². The van der Waals surface area contributed by atoms with Gasteiger partial charge in [-0.05, 0) is 19.2 Å². The molecule has 0 saturated carbocycles. The van der Waals surface area contributed by atoms with Crippen LogP contribution in [0, 0.1) is 0 Å². The Kier molecular flexibility index (Phi) is 4.54. The summed E-state index contributed by atoms with van der Waals surface area (Å²) in [4.78, 5) is 2.45. The van der Waals surface area contributed by atoms with Crippen LogP contribution in [0.2, 0.25) is 0 Å². The van der Waals surface area contributed by atoms with Crippen LogP contribution in [0.4, 0.5) is 0 Å². The molecule has 1 N–H and O–H groups in total. The maximum absolute atomic E-state index is 5.91. The quantitative estimate of drug-likeness (QED) is 0.857. The molecule has 1 aliphatic heterocycles. The first-order chi connectivity index (χ1) is 8.35. The van der Waals surface area contributed by atoms with Crippen molar-refractivity contribution in [3.8, 4) is 0 Å². The Morgan fingerprint density at radius 2 is 2.18 bits per heavy atom. The molecule has 3 heteroatoms. The largest absolute Gasteiger partial charge is 0.374 e. The molecule has 1 saturated heterocycles. The zero-order valence-corrected chi connectivity index (χ0v) is 10.7. The van der Waals surface area contributed by atoms with Gasteiger partial charge in [0.05, 0.1) is 18.8 Å². The average Bonchev–Trinajstić information content (AvgIpc) is 2.41. The molecule has 94 valence electrons. The first-order valence-corrected chi connectivity index (χ1v) is 6.41. The summed E-state index contributed by atoms with van der Waals surface area (Å²) in [6.45, 7) is 6.21. The maximum Gasteiger partial charge on any atom is 0.0896 e. The fourth-order valence-corrected chi connectivity index (χ4v) is 2.45. The molecule has 0 bridgehead atoms. The number of hydrogen-bond donors (Lipinski definition) is 1. The van der Waals surface area contributed by atoms with Gasteiger partial charge in [0.15, 0.2) is 0 Å².